The summed E-state index contributed by atoms with van der Waals surface area (Å²) in [5.74, 6) is -0.531. The summed E-state index contributed by atoms with van der Waals surface area (Å²) in [4.78, 5) is 37.6. The third-order valence-corrected chi connectivity index (χ3v) is 2.03. The zero-order valence-electron chi connectivity index (χ0n) is 9.95. The third-order valence-electron chi connectivity index (χ3n) is 2.03. The zero-order valence-corrected chi connectivity index (χ0v) is 9.95. The molecular formula is C10H16N4O4. The molecule has 0 aliphatic heterocycles. The molecule has 1 aromatic heterocycles. The van der Waals surface area contributed by atoms with E-state index >= 15 is 0 Å². The Morgan fingerprint density at radius 1 is 1.39 bits per heavy atom. The number of carbonyl (C=O) groups excluding carboxylic acids is 1. The second-order valence-corrected chi connectivity index (χ2v) is 3.81. The first-order valence-electron chi connectivity index (χ1n) is 5.49. The molecule has 0 saturated carbocycles. The van der Waals surface area contributed by atoms with E-state index in [4.69, 9.17) is 5.11 Å². The van der Waals surface area contributed by atoms with Crippen LogP contribution in [0.1, 0.15) is 17.4 Å². The fourth-order valence-corrected chi connectivity index (χ4v) is 1.26. The highest BCUT2D eigenvalue weighted by Gasteiger charge is 2.06. The van der Waals surface area contributed by atoms with Crippen molar-refractivity contribution in [2.45, 2.75) is 13.0 Å². The van der Waals surface area contributed by atoms with Gasteiger partial charge in [-0.15, -0.1) is 0 Å². The fourth-order valence-electron chi connectivity index (χ4n) is 1.26. The minimum Gasteiger partial charge on any atom is -0.392 e. The number of carbonyl (C=O) groups is 1. The first-order valence-corrected chi connectivity index (χ1v) is 5.49. The number of aliphatic hydroxyl groups excluding tert-OH is 1. The summed E-state index contributed by atoms with van der Waals surface area (Å²) in [6.45, 7) is 2.87. The van der Waals surface area contributed by atoms with Crippen LogP contribution in [0.3, 0.4) is 0 Å². The van der Waals surface area contributed by atoms with E-state index in [-0.39, 0.29) is 5.69 Å². The lowest BCUT2D eigenvalue weighted by molar-refractivity contribution is 0.0948. The molecule has 8 heteroatoms. The van der Waals surface area contributed by atoms with Crippen LogP contribution >= 0.6 is 0 Å². The highest BCUT2D eigenvalue weighted by molar-refractivity contribution is 5.91. The smallest absolute Gasteiger partial charge is 0.326 e. The van der Waals surface area contributed by atoms with Crippen molar-refractivity contribution in [2.75, 3.05) is 19.6 Å². The Bertz CT molecular complexity index is 477. The molecule has 0 fully saturated rings. The van der Waals surface area contributed by atoms with Gasteiger partial charge >= 0.3 is 5.69 Å². The van der Waals surface area contributed by atoms with Crippen LogP contribution in [0.15, 0.2) is 15.7 Å². The summed E-state index contributed by atoms with van der Waals surface area (Å²) in [7, 11) is 0. The summed E-state index contributed by atoms with van der Waals surface area (Å²) < 4.78 is 0. The van der Waals surface area contributed by atoms with Gasteiger partial charge in [0.2, 0.25) is 0 Å². The zero-order chi connectivity index (χ0) is 13.5. The SMILES string of the molecule is CC(O)CNCCNC(=O)c1cc(=O)[nH]c(=O)[nH]1. The van der Waals surface area contributed by atoms with Crippen LogP contribution in [0.5, 0.6) is 0 Å². The van der Waals surface area contributed by atoms with Crippen molar-refractivity contribution in [1.29, 1.82) is 0 Å². The van der Waals surface area contributed by atoms with Crippen LogP contribution < -0.4 is 21.9 Å². The molecular weight excluding hydrogens is 240 g/mol. The highest BCUT2D eigenvalue weighted by Crippen LogP contribution is 1.84. The number of aliphatic hydroxyl groups is 1. The number of aromatic nitrogens is 2. The normalized spacial score (nSPS) is 12.1. The van der Waals surface area contributed by atoms with Crippen molar-refractivity contribution in [3.63, 3.8) is 0 Å². The second-order valence-electron chi connectivity index (χ2n) is 3.81. The van der Waals surface area contributed by atoms with Gasteiger partial charge in [0.05, 0.1) is 6.10 Å². The van der Waals surface area contributed by atoms with Crippen molar-refractivity contribution >= 4 is 5.91 Å². The van der Waals surface area contributed by atoms with Crippen LogP contribution in [0.25, 0.3) is 0 Å². The second kappa shape index (κ2) is 6.72. The fraction of sp³-hybridized carbons (Fsp3) is 0.500. The number of amides is 1. The van der Waals surface area contributed by atoms with Gasteiger partial charge in [0.15, 0.2) is 0 Å². The van der Waals surface area contributed by atoms with Crippen LogP contribution in [0.4, 0.5) is 0 Å². The lowest BCUT2D eigenvalue weighted by atomic mass is 10.3. The number of hydrogen-bond acceptors (Lipinski definition) is 5. The lowest BCUT2D eigenvalue weighted by Crippen LogP contribution is -2.36. The van der Waals surface area contributed by atoms with Gasteiger partial charge in [-0.05, 0) is 6.92 Å². The summed E-state index contributed by atoms with van der Waals surface area (Å²) >= 11 is 0. The Kier molecular flexibility index (Phi) is 5.28. The standard InChI is InChI=1S/C10H16N4O4/c1-6(15)5-11-2-3-12-9(17)7-4-8(16)14-10(18)13-7/h4,6,11,15H,2-3,5H2,1H3,(H,12,17)(H2,13,14,16,18). The first-order chi connectivity index (χ1) is 8.49. The summed E-state index contributed by atoms with van der Waals surface area (Å²) in [5.41, 5.74) is -1.43. The van der Waals surface area contributed by atoms with E-state index in [1.807, 2.05) is 4.98 Å². The lowest BCUT2D eigenvalue weighted by Gasteiger charge is -2.07. The number of H-pyrrole nitrogens is 2. The van der Waals surface area contributed by atoms with Crippen molar-refractivity contribution < 1.29 is 9.90 Å². The molecule has 0 aromatic carbocycles. The molecule has 8 nitrogen and oxygen atoms in total. The van der Waals surface area contributed by atoms with Crippen molar-refractivity contribution in [1.82, 2.24) is 20.6 Å². The monoisotopic (exact) mass is 256 g/mol. The molecule has 0 bridgehead atoms. The number of nitrogens with one attached hydrogen (secondary N) is 4. The van der Waals surface area contributed by atoms with Gasteiger partial charge in [-0.2, -0.15) is 0 Å². The van der Waals surface area contributed by atoms with Gasteiger partial charge in [0, 0.05) is 25.7 Å². The summed E-state index contributed by atoms with van der Waals surface area (Å²) in [6.07, 6.45) is -0.454. The van der Waals surface area contributed by atoms with E-state index in [0.717, 1.165) is 6.07 Å². The van der Waals surface area contributed by atoms with Gasteiger partial charge in [-0.3, -0.25) is 14.6 Å². The molecule has 1 aromatic rings. The Hall–Kier alpha value is -1.93. The number of rotatable bonds is 6. The van der Waals surface area contributed by atoms with Crippen molar-refractivity contribution in [3.8, 4) is 0 Å². The van der Waals surface area contributed by atoms with E-state index in [0.29, 0.717) is 19.6 Å². The largest absolute Gasteiger partial charge is 0.392 e. The Morgan fingerprint density at radius 3 is 2.72 bits per heavy atom. The average Bonchev–Trinajstić information content (AvgIpc) is 2.26. The first kappa shape index (κ1) is 14.1. The van der Waals surface area contributed by atoms with E-state index in [1.165, 1.54) is 0 Å². The molecule has 100 valence electrons. The predicted molar refractivity (Wildman–Crippen MR) is 64.6 cm³/mol. The van der Waals surface area contributed by atoms with Crippen LogP contribution in [-0.2, 0) is 0 Å². The minimum atomic E-state index is -0.722. The quantitative estimate of drug-likeness (QED) is 0.368. The molecule has 0 saturated heterocycles. The average molecular weight is 256 g/mol. The maximum atomic E-state index is 11.5. The van der Waals surface area contributed by atoms with E-state index in [1.54, 1.807) is 6.92 Å². The van der Waals surface area contributed by atoms with Crippen molar-refractivity contribution in [2.24, 2.45) is 0 Å². The molecule has 18 heavy (non-hydrogen) atoms. The number of hydrogen-bond donors (Lipinski definition) is 5. The highest BCUT2D eigenvalue weighted by atomic mass is 16.3. The van der Waals surface area contributed by atoms with Crippen molar-refractivity contribution in [3.05, 3.63) is 32.6 Å². The summed E-state index contributed by atoms with van der Waals surface area (Å²) in [5, 5.41) is 14.4. The van der Waals surface area contributed by atoms with E-state index in [2.05, 4.69) is 15.6 Å². The molecule has 0 aliphatic rings. The third kappa shape index (κ3) is 4.93. The molecule has 1 atom stereocenters. The minimum absolute atomic E-state index is 0.0840. The van der Waals surface area contributed by atoms with E-state index in [9.17, 15) is 14.4 Å². The molecule has 1 amide bonds. The van der Waals surface area contributed by atoms with Gasteiger partial charge < -0.3 is 20.7 Å². The molecule has 1 unspecified atom stereocenters. The molecule has 1 heterocycles. The predicted octanol–water partition coefficient (Wildman–Crippen LogP) is -2.24. The maximum Gasteiger partial charge on any atom is 0.326 e. The van der Waals surface area contributed by atoms with Gasteiger partial charge in [-0.25, -0.2) is 4.79 Å². The van der Waals surface area contributed by atoms with Crippen LogP contribution in [0.2, 0.25) is 0 Å². The van der Waals surface area contributed by atoms with Gasteiger partial charge in [0.1, 0.15) is 5.69 Å². The van der Waals surface area contributed by atoms with Gasteiger partial charge in [-0.1, -0.05) is 0 Å². The molecule has 0 spiro atoms. The maximum absolute atomic E-state index is 11.5. The van der Waals surface area contributed by atoms with Gasteiger partial charge in [0.25, 0.3) is 11.5 Å². The van der Waals surface area contributed by atoms with Crippen LogP contribution in [-0.4, -0.2) is 46.7 Å². The molecule has 0 radical (unpaired) electrons. The molecule has 0 aliphatic carbocycles. The Morgan fingerprint density at radius 2 is 2.11 bits per heavy atom. The topological polar surface area (TPSA) is 127 Å². The Balaban J connectivity index is 2.41. The van der Waals surface area contributed by atoms with Crippen LogP contribution in [0, 0.1) is 0 Å². The number of aromatic amines is 2. The summed E-state index contributed by atoms with van der Waals surface area (Å²) in [6, 6.07) is 1.01. The molecule has 1 rings (SSSR count). The Labute approximate surface area is 102 Å². The van der Waals surface area contributed by atoms with E-state index < -0.39 is 23.3 Å². The molecule has 5 N–H and O–H groups in total.